The monoisotopic (exact) mass is 266 g/mol. The molecule has 0 spiro atoms. The first-order valence-corrected chi connectivity index (χ1v) is 5.67. The summed E-state index contributed by atoms with van der Waals surface area (Å²) < 4.78 is 39.3. The lowest BCUT2D eigenvalue weighted by atomic mass is 10.2. The van der Waals surface area contributed by atoms with Gasteiger partial charge in [0.15, 0.2) is 5.82 Å². The Morgan fingerprint density at radius 3 is 2.26 bits per heavy atom. The summed E-state index contributed by atoms with van der Waals surface area (Å²) >= 11 is 0. The summed E-state index contributed by atoms with van der Waals surface area (Å²) in [6, 6.07) is 7.79. The summed E-state index contributed by atoms with van der Waals surface area (Å²) in [6.45, 7) is 0.368. The molecule has 2 aromatic rings. The molecule has 0 fully saturated rings. The number of nitrogens with zero attached hydrogens (tertiary/aromatic N) is 1. The van der Waals surface area contributed by atoms with E-state index in [-0.39, 0.29) is 17.2 Å². The van der Waals surface area contributed by atoms with Crippen LogP contribution in [0.3, 0.4) is 0 Å². The van der Waals surface area contributed by atoms with Gasteiger partial charge in [0.1, 0.15) is 11.6 Å². The second kappa shape index (κ2) is 5.22. The molecule has 0 heterocycles. The molecule has 19 heavy (non-hydrogen) atoms. The van der Waals surface area contributed by atoms with Gasteiger partial charge in [0.25, 0.3) is 0 Å². The van der Waals surface area contributed by atoms with E-state index in [1.165, 1.54) is 18.2 Å². The second-order valence-corrected chi connectivity index (χ2v) is 4.30. The predicted octanol–water partition coefficient (Wildman–Crippen LogP) is 3.32. The first kappa shape index (κ1) is 13.3. The van der Waals surface area contributed by atoms with Gasteiger partial charge in [0.2, 0.25) is 0 Å². The summed E-state index contributed by atoms with van der Waals surface area (Å²) in [5.41, 5.74) is 6.56. The molecule has 0 aliphatic carbocycles. The fourth-order valence-corrected chi connectivity index (χ4v) is 1.84. The van der Waals surface area contributed by atoms with Crippen LogP contribution in [0.15, 0.2) is 36.4 Å². The molecule has 0 aromatic heterocycles. The van der Waals surface area contributed by atoms with Crippen LogP contribution in [0.2, 0.25) is 0 Å². The minimum absolute atomic E-state index is 0.106. The van der Waals surface area contributed by atoms with Gasteiger partial charge in [0, 0.05) is 19.7 Å². The Hall–Kier alpha value is -2.17. The van der Waals surface area contributed by atoms with Crippen molar-refractivity contribution < 1.29 is 13.2 Å². The third-order valence-electron chi connectivity index (χ3n) is 2.82. The first-order chi connectivity index (χ1) is 8.97. The Bertz CT molecular complexity index is 582. The van der Waals surface area contributed by atoms with E-state index in [0.717, 1.165) is 11.6 Å². The number of anilines is 2. The van der Waals surface area contributed by atoms with E-state index in [9.17, 15) is 13.2 Å². The van der Waals surface area contributed by atoms with E-state index in [2.05, 4.69) is 0 Å². The second-order valence-electron chi connectivity index (χ2n) is 4.30. The molecule has 5 heteroatoms. The van der Waals surface area contributed by atoms with Crippen LogP contribution in [0.1, 0.15) is 5.56 Å². The molecule has 0 aliphatic rings. The van der Waals surface area contributed by atoms with Gasteiger partial charge in [-0.15, -0.1) is 0 Å². The van der Waals surface area contributed by atoms with E-state index in [1.807, 2.05) is 0 Å². The van der Waals surface area contributed by atoms with Crippen molar-refractivity contribution in [3.05, 3.63) is 59.4 Å². The number of nitrogen functional groups attached to an aromatic ring is 1. The van der Waals surface area contributed by atoms with E-state index >= 15 is 0 Å². The average molecular weight is 266 g/mol. The Morgan fingerprint density at radius 1 is 1.00 bits per heavy atom. The summed E-state index contributed by atoms with van der Waals surface area (Å²) in [7, 11) is 1.66. The standard InChI is InChI=1S/C14H13F3N2/c1-19(8-9-2-4-10(15)5-3-9)13-7-11(16)6-12(17)14(13)18/h2-7H,8,18H2,1H3. The van der Waals surface area contributed by atoms with E-state index in [0.29, 0.717) is 6.54 Å². The predicted molar refractivity (Wildman–Crippen MR) is 69.3 cm³/mol. The fourth-order valence-electron chi connectivity index (χ4n) is 1.84. The Labute approximate surface area is 109 Å². The molecule has 0 bridgehead atoms. The Morgan fingerprint density at radius 2 is 1.63 bits per heavy atom. The molecule has 2 N–H and O–H groups in total. The number of halogens is 3. The lowest BCUT2D eigenvalue weighted by molar-refractivity contribution is 0.585. The zero-order chi connectivity index (χ0) is 14.0. The summed E-state index contributed by atoms with van der Waals surface area (Å²) in [4.78, 5) is 1.61. The lowest BCUT2D eigenvalue weighted by Gasteiger charge is -2.21. The highest BCUT2D eigenvalue weighted by Crippen LogP contribution is 2.27. The topological polar surface area (TPSA) is 29.3 Å². The molecule has 0 saturated heterocycles. The van der Waals surface area contributed by atoms with E-state index in [1.54, 1.807) is 24.1 Å². The van der Waals surface area contributed by atoms with Crippen LogP contribution in [0.4, 0.5) is 24.5 Å². The number of rotatable bonds is 3. The number of hydrogen-bond acceptors (Lipinski definition) is 2. The minimum Gasteiger partial charge on any atom is -0.395 e. The van der Waals surface area contributed by atoms with E-state index in [4.69, 9.17) is 5.73 Å². The minimum atomic E-state index is -0.791. The highest BCUT2D eigenvalue weighted by Gasteiger charge is 2.12. The van der Waals surface area contributed by atoms with Gasteiger partial charge >= 0.3 is 0 Å². The van der Waals surface area contributed by atoms with Crippen molar-refractivity contribution in [1.82, 2.24) is 0 Å². The van der Waals surface area contributed by atoms with E-state index < -0.39 is 11.6 Å². The smallest absolute Gasteiger partial charge is 0.151 e. The third-order valence-corrected chi connectivity index (χ3v) is 2.82. The normalized spacial score (nSPS) is 10.5. The van der Waals surface area contributed by atoms with Crippen molar-refractivity contribution in [1.29, 1.82) is 0 Å². The molecule has 0 aliphatic heterocycles. The first-order valence-electron chi connectivity index (χ1n) is 5.67. The van der Waals surface area contributed by atoms with Crippen molar-refractivity contribution in [2.24, 2.45) is 0 Å². The molecular weight excluding hydrogens is 253 g/mol. The van der Waals surface area contributed by atoms with Gasteiger partial charge in [-0.25, -0.2) is 13.2 Å². The van der Waals surface area contributed by atoms with Gasteiger partial charge < -0.3 is 10.6 Å². The molecule has 0 amide bonds. The summed E-state index contributed by atoms with van der Waals surface area (Å²) in [6.07, 6.45) is 0. The molecule has 0 saturated carbocycles. The van der Waals surface area contributed by atoms with Gasteiger partial charge in [0.05, 0.1) is 11.4 Å². The highest BCUT2D eigenvalue weighted by molar-refractivity contribution is 5.68. The van der Waals surface area contributed by atoms with Gasteiger partial charge in [-0.1, -0.05) is 12.1 Å². The SMILES string of the molecule is CN(Cc1ccc(F)cc1)c1cc(F)cc(F)c1N. The van der Waals surface area contributed by atoms with Crippen molar-refractivity contribution in [2.45, 2.75) is 6.54 Å². The van der Waals surface area contributed by atoms with Crippen LogP contribution in [0.5, 0.6) is 0 Å². The maximum atomic E-state index is 13.4. The quantitative estimate of drug-likeness (QED) is 0.863. The van der Waals surface area contributed by atoms with Crippen molar-refractivity contribution in [2.75, 3.05) is 17.7 Å². The molecule has 2 rings (SSSR count). The van der Waals surface area contributed by atoms with Crippen LogP contribution < -0.4 is 10.6 Å². The van der Waals surface area contributed by atoms with Crippen LogP contribution in [0.25, 0.3) is 0 Å². The number of benzene rings is 2. The third kappa shape index (κ3) is 2.99. The molecule has 0 unspecified atom stereocenters. The van der Waals surface area contributed by atoms with Gasteiger partial charge in [-0.05, 0) is 23.8 Å². The molecule has 2 aromatic carbocycles. The Kier molecular flexibility index (Phi) is 3.64. The molecule has 2 nitrogen and oxygen atoms in total. The zero-order valence-corrected chi connectivity index (χ0v) is 10.3. The van der Waals surface area contributed by atoms with Crippen LogP contribution >= 0.6 is 0 Å². The number of hydrogen-bond donors (Lipinski definition) is 1. The molecule has 0 atom stereocenters. The van der Waals surface area contributed by atoms with Crippen molar-refractivity contribution in [3.63, 3.8) is 0 Å². The number of nitrogens with two attached hydrogens (primary N) is 1. The maximum Gasteiger partial charge on any atom is 0.151 e. The van der Waals surface area contributed by atoms with Crippen molar-refractivity contribution >= 4 is 11.4 Å². The fraction of sp³-hybridized carbons (Fsp3) is 0.143. The molecular formula is C14H13F3N2. The lowest BCUT2D eigenvalue weighted by Crippen LogP contribution is -2.18. The average Bonchev–Trinajstić information content (AvgIpc) is 2.36. The largest absolute Gasteiger partial charge is 0.395 e. The van der Waals surface area contributed by atoms with Crippen molar-refractivity contribution in [3.8, 4) is 0 Å². The van der Waals surface area contributed by atoms with Gasteiger partial charge in [-0.2, -0.15) is 0 Å². The molecule has 0 radical (unpaired) electrons. The zero-order valence-electron chi connectivity index (χ0n) is 10.3. The molecule has 100 valence electrons. The maximum absolute atomic E-state index is 13.4. The Balaban J connectivity index is 2.24. The van der Waals surface area contributed by atoms with Crippen LogP contribution in [0, 0.1) is 17.5 Å². The van der Waals surface area contributed by atoms with Crippen LogP contribution in [-0.4, -0.2) is 7.05 Å². The summed E-state index contributed by atoms with van der Waals surface area (Å²) in [5, 5.41) is 0. The van der Waals surface area contributed by atoms with Gasteiger partial charge in [-0.3, -0.25) is 0 Å². The van der Waals surface area contributed by atoms with Crippen LogP contribution in [-0.2, 0) is 6.54 Å². The summed E-state index contributed by atoms with van der Waals surface area (Å²) in [5.74, 6) is -1.81. The highest BCUT2D eigenvalue weighted by atomic mass is 19.1.